The van der Waals surface area contributed by atoms with E-state index in [1.807, 2.05) is 0 Å². The smallest absolute Gasteiger partial charge is 0.308 e. The predicted octanol–water partition coefficient (Wildman–Crippen LogP) is 5.77. The number of thioether (sulfide) groups is 1. The van der Waals surface area contributed by atoms with Gasteiger partial charge in [0.25, 0.3) is 0 Å². The highest BCUT2D eigenvalue weighted by Gasteiger charge is 2.50. The van der Waals surface area contributed by atoms with E-state index < -0.39 is 20.6 Å². The van der Waals surface area contributed by atoms with Crippen LogP contribution < -0.4 is 0 Å². The van der Waals surface area contributed by atoms with Gasteiger partial charge in [-0.15, -0.1) is 0 Å². The molecule has 0 aliphatic heterocycles. The Morgan fingerprint density at radius 3 is 1.50 bits per heavy atom. The van der Waals surface area contributed by atoms with Crippen LogP contribution in [0, 0.1) is 0 Å². The number of rotatable bonds is 16. The molecule has 0 radical (unpaired) electrons. The molecule has 24 heavy (non-hydrogen) atoms. The van der Waals surface area contributed by atoms with Crippen molar-refractivity contribution in [2.45, 2.75) is 59.3 Å². The molecule has 0 fully saturated rings. The summed E-state index contributed by atoms with van der Waals surface area (Å²) in [6.07, 6.45) is 3.34. The average molecular weight is 404 g/mol. The van der Waals surface area contributed by atoms with Crippen molar-refractivity contribution < 1.29 is 27.2 Å². The molecule has 0 spiro atoms. The molecule has 0 amide bonds. The molecule has 0 aromatic carbocycles. The Kier molecular flexibility index (Phi) is 14.2. The summed E-state index contributed by atoms with van der Waals surface area (Å²) < 4.78 is 48.2. The third kappa shape index (κ3) is 8.35. The molecule has 0 saturated heterocycles. The lowest BCUT2D eigenvalue weighted by Crippen LogP contribution is -2.20. The van der Waals surface area contributed by atoms with Gasteiger partial charge in [0.1, 0.15) is 0 Å². The Hall–Kier alpha value is 0.650. The van der Waals surface area contributed by atoms with Gasteiger partial charge in [-0.2, -0.15) is 11.8 Å². The van der Waals surface area contributed by atoms with E-state index in [9.17, 15) is 9.13 Å². The molecule has 0 saturated carbocycles. The zero-order valence-electron chi connectivity index (χ0n) is 15.7. The fourth-order valence-electron chi connectivity index (χ4n) is 2.14. The number of unbranched alkanes of at least 4 members (excludes halogenated alkanes) is 2. The first kappa shape index (κ1) is 24.7. The Morgan fingerprint density at radius 2 is 1.17 bits per heavy atom. The van der Waals surface area contributed by atoms with Crippen LogP contribution in [0.2, 0.25) is 0 Å². The lowest BCUT2D eigenvalue weighted by Gasteiger charge is -2.31. The molecule has 0 N–H and O–H groups in total. The summed E-state index contributed by atoms with van der Waals surface area (Å²) in [6.45, 7) is 9.96. The second-order valence-electron chi connectivity index (χ2n) is 5.01. The van der Waals surface area contributed by atoms with Crippen molar-refractivity contribution in [1.82, 2.24) is 0 Å². The SMILES string of the molecule is CCCCCSCC(P(=O)(OCC)OCC)P(=O)(OCC)OCC. The summed E-state index contributed by atoms with van der Waals surface area (Å²) in [6, 6.07) is 0. The van der Waals surface area contributed by atoms with Crippen LogP contribution in [0.4, 0.5) is 0 Å². The Balaban J connectivity index is 5.37. The van der Waals surface area contributed by atoms with Gasteiger partial charge < -0.3 is 18.1 Å². The summed E-state index contributed by atoms with van der Waals surface area (Å²) in [4.78, 5) is 0. The van der Waals surface area contributed by atoms with Gasteiger partial charge in [-0.1, -0.05) is 19.8 Å². The zero-order chi connectivity index (χ0) is 18.5. The molecular formula is C15H34O6P2S. The minimum atomic E-state index is -3.60. The Labute approximate surface area is 151 Å². The maximum absolute atomic E-state index is 13.2. The largest absolute Gasteiger partial charge is 0.346 e. The standard InChI is InChI=1S/C15H34O6P2S/c1-6-11-12-13-24-14-15(22(16,18-7-2)19-8-3)23(17,20-9-4)21-10-5/h15H,6-14H2,1-5H3. The first-order valence-electron chi connectivity index (χ1n) is 8.79. The summed E-state index contributed by atoms with van der Waals surface area (Å²) in [7, 11) is -7.20. The Bertz CT molecular complexity index is 357. The van der Waals surface area contributed by atoms with Crippen molar-refractivity contribution in [3.05, 3.63) is 0 Å². The minimum Gasteiger partial charge on any atom is -0.308 e. The Morgan fingerprint density at radius 1 is 0.750 bits per heavy atom. The van der Waals surface area contributed by atoms with Crippen molar-refractivity contribution >= 4 is 27.0 Å². The highest BCUT2D eigenvalue weighted by molar-refractivity contribution is 8.00. The minimum absolute atomic E-state index is 0.215. The fourth-order valence-corrected chi connectivity index (χ4v) is 9.48. The second kappa shape index (κ2) is 13.8. The summed E-state index contributed by atoms with van der Waals surface area (Å²) in [5.74, 6) is 1.26. The van der Waals surface area contributed by atoms with E-state index >= 15 is 0 Å². The van der Waals surface area contributed by atoms with E-state index in [-0.39, 0.29) is 26.4 Å². The molecule has 6 nitrogen and oxygen atoms in total. The van der Waals surface area contributed by atoms with Gasteiger partial charge in [-0.05, 0) is 39.9 Å². The van der Waals surface area contributed by atoms with Crippen LogP contribution in [0.3, 0.4) is 0 Å². The maximum Gasteiger partial charge on any atom is 0.346 e. The van der Waals surface area contributed by atoms with E-state index in [4.69, 9.17) is 18.1 Å². The zero-order valence-corrected chi connectivity index (χ0v) is 18.3. The quantitative estimate of drug-likeness (QED) is 0.239. The topological polar surface area (TPSA) is 71.1 Å². The lowest BCUT2D eigenvalue weighted by atomic mass is 10.3. The van der Waals surface area contributed by atoms with Gasteiger partial charge in [-0.25, -0.2) is 0 Å². The summed E-state index contributed by atoms with van der Waals surface area (Å²) in [5, 5.41) is -0.906. The third-order valence-corrected chi connectivity index (χ3v) is 10.8. The second-order valence-corrected chi connectivity index (χ2v) is 11.0. The van der Waals surface area contributed by atoms with Crippen LogP contribution in [0.5, 0.6) is 0 Å². The van der Waals surface area contributed by atoms with E-state index in [0.717, 1.165) is 25.0 Å². The van der Waals surface area contributed by atoms with E-state index in [1.54, 1.807) is 39.5 Å². The number of hydrogen-bond donors (Lipinski definition) is 0. The van der Waals surface area contributed by atoms with Crippen LogP contribution in [0.1, 0.15) is 53.9 Å². The first-order chi connectivity index (χ1) is 11.4. The monoisotopic (exact) mass is 404 g/mol. The van der Waals surface area contributed by atoms with E-state index in [0.29, 0.717) is 5.75 Å². The molecule has 0 aromatic heterocycles. The molecule has 0 bridgehead atoms. The molecule has 146 valence electrons. The lowest BCUT2D eigenvalue weighted by molar-refractivity contribution is 0.197. The molecule has 0 rings (SSSR count). The fraction of sp³-hybridized carbons (Fsp3) is 1.00. The summed E-state index contributed by atoms with van der Waals surface area (Å²) in [5.41, 5.74) is 0. The first-order valence-corrected chi connectivity index (χ1v) is 13.2. The molecule has 0 aromatic rings. The van der Waals surface area contributed by atoms with Crippen LogP contribution in [-0.4, -0.2) is 43.3 Å². The van der Waals surface area contributed by atoms with Crippen LogP contribution in [-0.2, 0) is 27.2 Å². The number of hydrogen-bond acceptors (Lipinski definition) is 7. The van der Waals surface area contributed by atoms with Gasteiger partial charge in [0.2, 0.25) is 0 Å². The molecule has 0 aliphatic rings. The van der Waals surface area contributed by atoms with Crippen molar-refractivity contribution in [2.75, 3.05) is 37.9 Å². The van der Waals surface area contributed by atoms with Crippen LogP contribution in [0.15, 0.2) is 0 Å². The maximum atomic E-state index is 13.2. The third-order valence-electron chi connectivity index (χ3n) is 3.13. The highest BCUT2D eigenvalue weighted by atomic mass is 32.2. The van der Waals surface area contributed by atoms with Crippen molar-refractivity contribution in [2.24, 2.45) is 0 Å². The van der Waals surface area contributed by atoms with Gasteiger partial charge in [0.15, 0.2) is 5.40 Å². The van der Waals surface area contributed by atoms with E-state index in [2.05, 4.69) is 6.92 Å². The van der Waals surface area contributed by atoms with Gasteiger partial charge >= 0.3 is 15.2 Å². The molecule has 0 unspecified atom stereocenters. The van der Waals surface area contributed by atoms with Crippen molar-refractivity contribution in [1.29, 1.82) is 0 Å². The van der Waals surface area contributed by atoms with Crippen LogP contribution >= 0.6 is 27.0 Å². The van der Waals surface area contributed by atoms with Gasteiger partial charge in [0, 0.05) is 5.75 Å². The average Bonchev–Trinajstić information content (AvgIpc) is 2.51. The predicted molar refractivity (Wildman–Crippen MR) is 102 cm³/mol. The van der Waals surface area contributed by atoms with Crippen LogP contribution in [0.25, 0.3) is 0 Å². The van der Waals surface area contributed by atoms with Gasteiger partial charge in [0.05, 0.1) is 26.4 Å². The molecule has 0 atom stereocenters. The highest BCUT2D eigenvalue weighted by Crippen LogP contribution is 2.70. The normalized spacial score (nSPS) is 12.9. The molecule has 0 heterocycles. The van der Waals surface area contributed by atoms with Crippen molar-refractivity contribution in [3.63, 3.8) is 0 Å². The molecular weight excluding hydrogens is 370 g/mol. The van der Waals surface area contributed by atoms with Crippen molar-refractivity contribution in [3.8, 4) is 0 Å². The molecule has 9 heteroatoms. The molecule has 0 aliphatic carbocycles. The summed E-state index contributed by atoms with van der Waals surface area (Å²) >= 11 is 1.59. The van der Waals surface area contributed by atoms with Gasteiger partial charge in [-0.3, -0.25) is 9.13 Å². The van der Waals surface area contributed by atoms with E-state index in [1.165, 1.54) is 0 Å².